The minimum Gasteiger partial charge on any atom is -0.363 e. The number of hydrogen-bond donors (Lipinski definition) is 1. The van der Waals surface area contributed by atoms with Gasteiger partial charge in [-0.3, -0.25) is 0 Å². The molecule has 1 saturated carbocycles. The molecule has 20 heavy (non-hydrogen) atoms. The number of nitrogens with zero attached hydrogens (tertiary/aromatic N) is 1. The van der Waals surface area contributed by atoms with E-state index in [0.717, 1.165) is 13.1 Å². The van der Waals surface area contributed by atoms with Gasteiger partial charge in [0.25, 0.3) is 0 Å². The Morgan fingerprint density at radius 1 is 1.25 bits per heavy atom. The van der Waals surface area contributed by atoms with E-state index < -0.39 is 0 Å². The molecule has 1 aliphatic heterocycles. The lowest BCUT2D eigenvalue weighted by Gasteiger charge is -2.44. The van der Waals surface area contributed by atoms with Crippen molar-refractivity contribution in [3.8, 4) is 0 Å². The van der Waals surface area contributed by atoms with Gasteiger partial charge in [0.1, 0.15) is 11.6 Å². The molecule has 4 heteroatoms. The molecule has 2 fully saturated rings. The number of benzene rings is 1. The van der Waals surface area contributed by atoms with Crippen molar-refractivity contribution in [2.45, 2.75) is 38.8 Å². The van der Waals surface area contributed by atoms with Crippen molar-refractivity contribution in [2.75, 3.05) is 18.0 Å². The molecule has 0 amide bonds. The molecule has 1 aromatic carbocycles. The molecule has 0 radical (unpaired) electrons. The molecule has 2 atom stereocenters. The van der Waals surface area contributed by atoms with Crippen LogP contribution in [-0.2, 0) is 0 Å². The van der Waals surface area contributed by atoms with Crippen LogP contribution in [0.2, 0.25) is 0 Å². The number of hydrogen-bond acceptors (Lipinski definition) is 2. The maximum atomic E-state index is 14.1. The van der Waals surface area contributed by atoms with E-state index in [9.17, 15) is 8.78 Å². The Labute approximate surface area is 119 Å². The number of anilines is 1. The van der Waals surface area contributed by atoms with E-state index in [1.807, 2.05) is 0 Å². The summed E-state index contributed by atoms with van der Waals surface area (Å²) in [6.45, 7) is 5.88. The van der Waals surface area contributed by atoms with Crippen LogP contribution in [0.5, 0.6) is 0 Å². The predicted molar refractivity (Wildman–Crippen MR) is 76.8 cm³/mol. The van der Waals surface area contributed by atoms with Crippen LogP contribution in [0.1, 0.15) is 26.7 Å². The van der Waals surface area contributed by atoms with Gasteiger partial charge in [0.05, 0.1) is 5.69 Å². The maximum absolute atomic E-state index is 14.1. The van der Waals surface area contributed by atoms with E-state index in [0.29, 0.717) is 23.6 Å². The average Bonchev–Trinajstić information content (AvgIpc) is 3.25. The summed E-state index contributed by atoms with van der Waals surface area (Å²) in [6, 6.07) is 4.37. The van der Waals surface area contributed by atoms with E-state index in [4.69, 9.17) is 0 Å². The van der Waals surface area contributed by atoms with Gasteiger partial charge in [0.2, 0.25) is 0 Å². The van der Waals surface area contributed by atoms with Crippen LogP contribution < -0.4 is 10.2 Å². The van der Waals surface area contributed by atoms with E-state index in [-0.39, 0.29) is 17.7 Å². The lowest BCUT2D eigenvalue weighted by atomic mass is 9.96. The van der Waals surface area contributed by atoms with Gasteiger partial charge in [-0.2, -0.15) is 0 Å². The molecule has 2 nitrogen and oxygen atoms in total. The maximum Gasteiger partial charge on any atom is 0.146 e. The van der Waals surface area contributed by atoms with E-state index in [2.05, 4.69) is 24.1 Å². The first kappa shape index (κ1) is 13.8. The van der Waals surface area contributed by atoms with E-state index in [1.165, 1.54) is 31.0 Å². The summed E-state index contributed by atoms with van der Waals surface area (Å²) in [5, 5.41) is 3.59. The van der Waals surface area contributed by atoms with E-state index in [1.54, 1.807) is 0 Å². The molecule has 1 aliphatic carbocycles. The van der Waals surface area contributed by atoms with Crippen molar-refractivity contribution < 1.29 is 8.78 Å². The SMILES string of the molecule is CC(C)C1CNC(C2CC2)CN1c1cc(F)ccc1F. The average molecular weight is 280 g/mol. The highest BCUT2D eigenvalue weighted by atomic mass is 19.1. The summed E-state index contributed by atoms with van der Waals surface area (Å²) >= 11 is 0. The van der Waals surface area contributed by atoms with Crippen LogP contribution >= 0.6 is 0 Å². The van der Waals surface area contributed by atoms with Gasteiger partial charge in [0, 0.05) is 31.2 Å². The third kappa shape index (κ3) is 2.66. The van der Waals surface area contributed by atoms with Gasteiger partial charge in [-0.05, 0) is 36.8 Å². The zero-order valence-corrected chi connectivity index (χ0v) is 12.1. The van der Waals surface area contributed by atoms with Crippen LogP contribution in [0.15, 0.2) is 18.2 Å². The second-order valence-corrected chi connectivity index (χ2v) is 6.41. The van der Waals surface area contributed by atoms with E-state index >= 15 is 0 Å². The van der Waals surface area contributed by atoms with Gasteiger partial charge in [0.15, 0.2) is 0 Å². The van der Waals surface area contributed by atoms with Crippen LogP contribution in [-0.4, -0.2) is 25.2 Å². The lowest BCUT2D eigenvalue weighted by Crippen LogP contribution is -2.59. The van der Waals surface area contributed by atoms with Crippen molar-refractivity contribution in [1.82, 2.24) is 5.32 Å². The number of piperazine rings is 1. The van der Waals surface area contributed by atoms with Crippen molar-refractivity contribution >= 4 is 5.69 Å². The monoisotopic (exact) mass is 280 g/mol. The first-order chi connectivity index (χ1) is 9.56. The predicted octanol–water partition coefficient (Wildman–Crippen LogP) is 3.18. The first-order valence-corrected chi connectivity index (χ1v) is 7.51. The molecule has 1 N–H and O–H groups in total. The summed E-state index contributed by atoms with van der Waals surface area (Å²) in [5.74, 6) is 0.409. The van der Waals surface area contributed by atoms with Gasteiger partial charge < -0.3 is 10.2 Å². The van der Waals surface area contributed by atoms with Crippen LogP contribution in [0, 0.1) is 23.5 Å². The lowest BCUT2D eigenvalue weighted by molar-refractivity contribution is 0.317. The molecule has 0 bridgehead atoms. The van der Waals surface area contributed by atoms with Crippen molar-refractivity contribution in [3.05, 3.63) is 29.8 Å². The van der Waals surface area contributed by atoms with Gasteiger partial charge in [-0.25, -0.2) is 8.78 Å². The van der Waals surface area contributed by atoms with Crippen molar-refractivity contribution in [1.29, 1.82) is 0 Å². The highest BCUT2D eigenvalue weighted by Gasteiger charge is 2.38. The Hall–Kier alpha value is -1.16. The normalized spacial score (nSPS) is 27.1. The highest BCUT2D eigenvalue weighted by Crippen LogP contribution is 2.36. The zero-order valence-electron chi connectivity index (χ0n) is 12.1. The summed E-state index contributed by atoms with van der Waals surface area (Å²) in [5.41, 5.74) is 0.413. The third-order valence-electron chi connectivity index (χ3n) is 4.56. The quantitative estimate of drug-likeness (QED) is 0.915. The summed E-state index contributed by atoms with van der Waals surface area (Å²) in [4.78, 5) is 2.07. The fourth-order valence-electron chi connectivity index (χ4n) is 3.19. The molecule has 2 unspecified atom stereocenters. The molecule has 1 saturated heterocycles. The smallest absolute Gasteiger partial charge is 0.146 e. The molecule has 1 aromatic rings. The topological polar surface area (TPSA) is 15.3 Å². The number of rotatable bonds is 3. The molecular weight excluding hydrogens is 258 g/mol. The van der Waals surface area contributed by atoms with Crippen LogP contribution in [0.25, 0.3) is 0 Å². The molecular formula is C16H22F2N2. The Balaban J connectivity index is 1.89. The Morgan fingerprint density at radius 3 is 2.65 bits per heavy atom. The van der Waals surface area contributed by atoms with Crippen molar-refractivity contribution in [3.63, 3.8) is 0 Å². The fourth-order valence-corrected chi connectivity index (χ4v) is 3.19. The van der Waals surface area contributed by atoms with Gasteiger partial charge in [-0.1, -0.05) is 13.8 Å². The second kappa shape index (κ2) is 5.32. The minimum absolute atomic E-state index is 0.210. The molecule has 2 aliphatic rings. The number of nitrogens with one attached hydrogen (secondary N) is 1. The second-order valence-electron chi connectivity index (χ2n) is 6.41. The van der Waals surface area contributed by atoms with Gasteiger partial charge >= 0.3 is 0 Å². The molecule has 110 valence electrons. The Morgan fingerprint density at radius 2 is 2.00 bits per heavy atom. The Bertz CT molecular complexity index is 485. The third-order valence-corrected chi connectivity index (χ3v) is 4.56. The van der Waals surface area contributed by atoms with Crippen molar-refractivity contribution in [2.24, 2.45) is 11.8 Å². The zero-order chi connectivity index (χ0) is 14.3. The molecule has 0 aromatic heterocycles. The summed E-state index contributed by atoms with van der Waals surface area (Å²) in [6.07, 6.45) is 2.51. The number of halogens is 2. The summed E-state index contributed by atoms with van der Waals surface area (Å²) < 4.78 is 27.6. The van der Waals surface area contributed by atoms with Gasteiger partial charge in [-0.15, -0.1) is 0 Å². The van der Waals surface area contributed by atoms with Crippen LogP contribution in [0.4, 0.5) is 14.5 Å². The van der Waals surface area contributed by atoms with Crippen LogP contribution in [0.3, 0.4) is 0 Å². The molecule has 3 rings (SSSR count). The highest BCUT2D eigenvalue weighted by molar-refractivity contribution is 5.50. The fraction of sp³-hybridized carbons (Fsp3) is 0.625. The molecule has 1 heterocycles. The first-order valence-electron chi connectivity index (χ1n) is 7.51. The largest absolute Gasteiger partial charge is 0.363 e. The minimum atomic E-state index is -0.370. The standard InChI is InChI=1S/C16H22F2N2/c1-10(2)16-8-19-14(11-3-4-11)9-20(16)15-7-12(17)5-6-13(15)18/h5-7,10-11,14,16,19H,3-4,8-9H2,1-2H3. The summed E-state index contributed by atoms with van der Waals surface area (Å²) in [7, 11) is 0. The molecule has 0 spiro atoms. The Kier molecular flexibility index (Phi) is 3.67.